The van der Waals surface area contributed by atoms with E-state index in [9.17, 15) is 9.00 Å². The summed E-state index contributed by atoms with van der Waals surface area (Å²) in [5.41, 5.74) is 1.00. The van der Waals surface area contributed by atoms with E-state index in [1.54, 1.807) is 12.3 Å². The molecule has 6 heteroatoms. The Balaban J connectivity index is 2.47. The molecule has 0 fully saturated rings. The van der Waals surface area contributed by atoms with Crippen molar-refractivity contribution in [1.82, 2.24) is 5.32 Å². The highest BCUT2D eigenvalue weighted by molar-refractivity contribution is 7.84. The molecule has 0 spiro atoms. The quantitative estimate of drug-likeness (QED) is 0.756. The molecule has 1 unspecified atom stereocenters. The van der Waals surface area contributed by atoms with Crippen molar-refractivity contribution in [3.05, 3.63) is 21.4 Å². The van der Waals surface area contributed by atoms with Gasteiger partial charge >= 0.3 is 5.97 Å². The largest absolute Gasteiger partial charge is 0.477 e. The highest BCUT2D eigenvalue weighted by Crippen LogP contribution is 2.21. The van der Waals surface area contributed by atoms with Crippen molar-refractivity contribution < 1.29 is 14.1 Å². The van der Waals surface area contributed by atoms with E-state index in [1.807, 2.05) is 6.92 Å². The van der Waals surface area contributed by atoms with Gasteiger partial charge in [0, 0.05) is 40.8 Å². The first-order valence-corrected chi connectivity index (χ1v) is 7.38. The lowest BCUT2D eigenvalue weighted by Gasteiger charge is -2.02. The van der Waals surface area contributed by atoms with Crippen LogP contribution in [0.3, 0.4) is 0 Å². The molecule has 0 saturated carbocycles. The maximum absolute atomic E-state index is 10.8. The first-order valence-electron chi connectivity index (χ1n) is 4.84. The lowest BCUT2D eigenvalue weighted by atomic mass is 10.2. The Bertz CT molecular complexity index is 401. The maximum atomic E-state index is 10.8. The lowest BCUT2D eigenvalue weighted by molar-refractivity contribution is 0.0702. The Morgan fingerprint density at radius 3 is 2.81 bits per heavy atom. The van der Waals surface area contributed by atoms with E-state index in [0.29, 0.717) is 23.7 Å². The molecule has 0 saturated heterocycles. The number of aryl methyl sites for hydroxylation is 1. The van der Waals surface area contributed by atoms with Crippen LogP contribution in [0.5, 0.6) is 0 Å². The van der Waals surface area contributed by atoms with Gasteiger partial charge in [-0.2, -0.15) is 0 Å². The van der Waals surface area contributed by atoms with Crippen LogP contribution in [-0.4, -0.2) is 33.8 Å². The third-order valence-corrected chi connectivity index (χ3v) is 3.97. The Morgan fingerprint density at radius 2 is 2.31 bits per heavy atom. The molecule has 90 valence electrons. The minimum Gasteiger partial charge on any atom is -0.477 e. The van der Waals surface area contributed by atoms with Crippen molar-refractivity contribution in [1.29, 1.82) is 0 Å². The van der Waals surface area contributed by atoms with Crippen molar-refractivity contribution in [2.45, 2.75) is 13.5 Å². The molecular weight excluding hydrogens is 246 g/mol. The van der Waals surface area contributed by atoms with Gasteiger partial charge in [-0.1, -0.05) is 0 Å². The van der Waals surface area contributed by atoms with Crippen LogP contribution < -0.4 is 5.32 Å². The van der Waals surface area contributed by atoms with Gasteiger partial charge in [0.25, 0.3) is 0 Å². The van der Waals surface area contributed by atoms with Crippen LogP contribution >= 0.6 is 11.3 Å². The van der Waals surface area contributed by atoms with Gasteiger partial charge in [-0.05, 0) is 18.6 Å². The summed E-state index contributed by atoms with van der Waals surface area (Å²) in [6.07, 6.45) is 1.67. The SMILES string of the molecule is Cc1sc(C(=O)O)cc1CNCCS(C)=O. The molecule has 0 aliphatic rings. The van der Waals surface area contributed by atoms with E-state index in [1.165, 1.54) is 11.3 Å². The van der Waals surface area contributed by atoms with Crippen LogP contribution in [0.25, 0.3) is 0 Å². The number of carbonyl (C=O) groups is 1. The van der Waals surface area contributed by atoms with Crippen molar-refractivity contribution >= 4 is 28.1 Å². The average molecular weight is 261 g/mol. The van der Waals surface area contributed by atoms with Gasteiger partial charge in [0.15, 0.2) is 0 Å². The van der Waals surface area contributed by atoms with Gasteiger partial charge in [-0.25, -0.2) is 4.79 Å². The molecule has 0 aromatic carbocycles. The predicted octanol–water partition coefficient (Wildman–Crippen LogP) is 1.22. The zero-order valence-corrected chi connectivity index (χ0v) is 10.9. The van der Waals surface area contributed by atoms with Crippen LogP contribution in [0.1, 0.15) is 20.1 Å². The number of aromatic carboxylic acids is 1. The van der Waals surface area contributed by atoms with Crippen molar-refractivity contribution in [3.63, 3.8) is 0 Å². The average Bonchev–Trinajstić information content (AvgIpc) is 2.55. The maximum Gasteiger partial charge on any atom is 0.345 e. The van der Waals surface area contributed by atoms with Gasteiger partial charge in [0.1, 0.15) is 4.88 Å². The van der Waals surface area contributed by atoms with Gasteiger partial charge in [-0.15, -0.1) is 11.3 Å². The summed E-state index contributed by atoms with van der Waals surface area (Å²) in [6.45, 7) is 3.22. The van der Waals surface area contributed by atoms with Crippen LogP contribution in [0.4, 0.5) is 0 Å². The fourth-order valence-electron chi connectivity index (χ4n) is 1.24. The third-order valence-electron chi connectivity index (χ3n) is 2.11. The summed E-state index contributed by atoms with van der Waals surface area (Å²) in [4.78, 5) is 12.1. The summed E-state index contributed by atoms with van der Waals surface area (Å²) >= 11 is 1.29. The fourth-order valence-corrected chi connectivity index (χ4v) is 2.55. The zero-order valence-electron chi connectivity index (χ0n) is 9.28. The number of hydrogen-bond donors (Lipinski definition) is 2. The predicted molar refractivity (Wildman–Crippen MR) is 66.7 cm³/mol. The summed E-state index contributed by atoms with van der Waals surface area (Å²) in [5.74, 6) is -0.261. The highest BCUT2D eigenvalue weighted by Gasteiger charge is 2.10. The molecule has 1 aromatic heterocycles. The molecule has 0 aliphatic heterocycles. The fraction of sp³-hybridized carbons (Fsp3) is 0.500. The summed E-state index contributed by atoms with van der Waals surface area (Å²) in [5, 5.41) is 12.0. The number of carboxylic acid groups (broad SMARTS) is 1. The number of nitrogens with one attached hydrogen (secondary N) is 1. The molecule has 16 heavy (non-hydrogen) atoms. The number of thiophene rings is 1. The molecule has 1 aromatic rings. The summed E-state index contributed by atoms with van der Waals surface area (Å²) in [6, 6.07) is 1.69. The van der Waals surface area contributed by atoms with Gasteiger partial charge in [-0.3, -0.25) is 4.21 Å². The van der Waals surface area contributed by atoms with E-state index < -0.39 is 16.8 Å². The number of hydrogen-bond acceptors (Lipinski definition) is 4. The molecule has 1 heterocycles. The smallest absolute Gasteiger partial charge is 0.345 e. The minimum atomic E-state index is -0.881. The van der Waals surface area contributed by atoms with Crippen molar-refractivity contribution in [3.8, 4) is 0 Å². The van der Waals surface area contributed by atoms with Crippen LogP contribution in [-0.2, 0) is 17.3 Å². The van der Waals surface area contributed by atoms with Gasteiger partial charge < -0.3 is 10.4 Å². The molecule has 0 radical (unpaired) electrons. The van der Waals surface area contributed by atoms with Crippen LogP contribution in [0.2, 0.25) is 0 Å². The molecule has 0 amide bonds. The first-order chi connectivity index (χ1) is 7.50. The standard InChI is InChI=1S/C10H15NO3S2/c1-7-8(5-9(15-7)10(12)13)6-11-3-4-16(2)14/h5,11H,3-4,6H2,1-2H3,(H,12,13). The second-order valence-corrected chi connectivity index (χ2v) is 6.26. The van der Waals surface area contributed by atoms with Gasteiger partial charge in [0.2, 0.25) is 0 Å². The Labute approximate surface area is 101 Å². The second-order valence-electron chi connectivity index (χ2n) is 3.45. The van der Waals surface area contributed by atoms with E-state index in [-0.39, 0.29) is 0 Å². The molecular formula is C10H15NO3S2. The first kappa shape index (κ1) is 13.3. The van der Waals surface area contributed by atoms with Crippen molar-refractivity contribution in [2.75, 3.05) is 18.6 Å². The highest BCUT2D eigenvalue weighted by atomic mass is 32.2. The number of carboxylic acids is 1. The second kappa shape index (κ2) is 6.12. The topological polar surface area (TPSA) is 66.4 Å². The van der Waals surface area contributed by atoms with E-state index in [4.69, 9.17) is 5.11 Å². The van der Waals surface area contributed by atoms with Crippen molar-refractivity contribution in [2.24, 2.45) is 0 Å². The Morgan fingerprint density at radius 1 is 1.62 bits per heavy atom. The van der Waals surface area contributed by atoms with Crippen LogP contribution in [0, 0.1) is 6.92 Å². The minimum absolute atomic E-state index is 0.369. The molecule has 0 aliphatic carbocycles. The number of rotatable bonds is 6. The lowest BCUT2D eigenvalue weighted by Crippen LogP contribution is -2.19. The molecule has 1 rings (SSSR count). The summed E-state index contributed by atoms with van der Waals surface area (Å²) in [7, 11) is -0.785. The summed E-state index contributed by atoms with van der Waals surface area (Å²) < 4.78 is 10.8. The zero-order chi connectivity index (χ0) is 12.1. The molecule has 2 N–H and O–H groups in total. The Kier molecular flexibility index (Phi) is 5.11. The van der Waals surface area contributed by atoms with Crippen LogP contribution in [0.15, 0.2) is 6.07 Å². The van der Waals surface area contributed by atoms with Gasteiger partial charge in [0.05, 0.1) is 0 Å². The van der Waals surface area contributed by atoms with E-state index in [2.05, 4.69) is 5.32 Å². The monoisotopic (exact) mass is 261 g/mol. The normalized spacial score (nSPS) is 12.6. The molecule has 0 bridgehead atoms. The van der Waals surface area contributed by atoms with E-state index in [0.717, 1.165) is 10.4 Å². The molecule has 1 atom stereocenters. The Hall–Kier alpha value is -0.720. The third kappa shape index (κ3) is 4.03. The van der Waals surface area contributed by atoms with E-state index >= 15 is 0 Å². The molecule has 4 nitrogen and oxygen atoms in total.